The van der Waals surface area contributed by atoms with Crippen molar-refractivity contribution in [2.45, 2.75) is 13.0 Å². The highest BCUT2D eigenvalue weighted by Gasteiger charge is 2.22. The van der Waals surface area contributed by atoms with Crippen molar-refractivity contribution >= 4 is 43.3 Å². The van der Waals surface area contributed by atoms with Crippen LogP contribution in [-0.4, -0.2) is 44.3 Å². The van der Waals surface area contributed by atoms with Crippen LogP contribution in [0.1, 0.15) is 17.3 Å². The molecule has 4 nitrogen and oxygen atoms in total. The average molecular weight is 369 g/mol. The van der Waals surface area contributed by atoms with Crippen molar-refractivity contribution in [1.29, 1.82) is 0 Å². The summed E-state index contributed by atoms with van der Waals surface area (Å²) in [5.74, 6) is -0.386. The Balaban J connectivity index is 2.96. The minimum absolute atomic E-state index is 0.0825. The van der Waals surface area contributed by atoms with Crippen LogP contribution in [0.2, 0.25) is 5.02 Å². The molecule has 1 aromatic rings. The largest absolute Gasteiger partial charge is 0.338 e. The van der Waals surface area contributed by atoms with Crippen molar-refractivity contribution in [3.8, 4) is 0 Å². The Morgan fingerprint density at radius 1 is 1.47 bits per heavy atom. The maximum atomic E-state index is 12.3. The lowest BCUT2D eigenvalue weighted by atomic mass is 10.2. The van der Waals surface area contributed by atoms with Crippen molar-refractivity contribution < 1.29 is 13.2 Å². The fourth-order valence-electron chi connectivity index (χ4n) is 1.60. The highest BCUT2D eigenvalue weighted by molar-refractivity contribution is 9.10. The lowest BCUT2D eigenvalue weighted by Gasteiger charge is -2.24. The summed E-state index contributed by atoms with van der Waals surface area (Å²) >= 11 is 9.26. The minimum Gasteiger partial charge on any atom is -0.338 e. The Hall–Kier alpha value is -0.590. The molecule has 0 unspecified atom stereocenters. The van der Waals surface area contributed by atoms with Crippen LogP contribution in [0.4, 0.5) is 0 Å². The van der Waals surface area contributed by atoms with E-state index in [1.165, 1.54) is 4.90 Å². The number of amides is 1. The zero-order valence-electron chi connectivity index (χ0n) is 10.9. The molecule has 0 fully saturated rings. The summed E-state index contributed by atoms with van der Waals surface area (Å²) < 4.78 is 23.2. The van der Waals surface area contributed by atoms with Crippen LogP contribution >= 0.6 is 27.5 Å². The van der Waals surface area contributed by atoms with Crippen molar-refractivity contribution in [2.75, 3.05) is 19.1 Å². The highest BCUT2D eigenvalue weighted by atomic mass is 79.9. The van der Waals surface area contributed by atoms with Gasteiger partial charge in [0, 0.05) is 23.8 Å². The molecular weight excluding hydrogens is 354 g/mol. The number of carbonyl (C=O) groups is 1. The first-order chi connectivity index (χ1) is 8.61. The summed E-state index contributed by atoms with van der Waals surface area (Å²) in [6.45, 7) is 1.69. The molecule has 0 heterocycles. The van der Waals surface area contributed by atoms with Gasteiger partial charge in [-0.1, -0.05) is 27.5 Å². The molecule has 0 aliphatic rings. The van der Waals surface area contributed by atoms with E-state index in [4.69, 9.17) is 11.6 Å². The van der Waals surface area contributed by atoms with E-state index >= 15 is 0 Å². The molecule has 1 rings (SSSR count). The smallest absolute Gasteiger partial charge is 0.255 e. The molecule has 0 N–H and O–H groups in total. The van der Waals surface area contributed by atoms with Crippen molar-refractivity contribution in [3.63, 3.8) is 0 Å². The van der Waals surface area contributed by atoms with Crippen LogP contribution in [0.25, 0.3) is 0 Å². The number of nitrogens with zero attached hydrogens (tertiary/aromatic N) is 1. The number of hydrogen-bond acceptors (Lipinski definition) is 3. The predicted molar refractivity (Wildman–Crippen MR) is 80.4 cm³/mol. The molecule has 0 aliphatic carbocycles. The number of sulfone groups is 1. The number of carbonyl (C=O) groups excluding carboxylic acids is 1. The minimum atomic E-state index is -3.14. The highest BCUT2D eigenvalue weighted by Crippen LogP contribution is 2.22. The van der Waals surface area contributed by atoms with E-state index in [1.807, 2.05) is 0 Å². The van der Waals surface area contributed by atoms with Gasteiger partial charge in [-0.05, 0) is 25.1 Å². The van der Waals surface area contributed by atoms with Gasteiger partial charge < -0.3 is 4.90 Å². The third kappa shape index (κ3) is 4.78. The molecular formula is C12H15BrClNO3S. The van der Waals surface area contributed by atoms with Crippen molar-refractivity contribution in [1.82, 2.24) is 4.90 Å². The topological polar surface area (TPSA) is 54.5 Å². The average Bonchev–Trinajstić information content (AvgIpc) is 2.28. The Morgan fingerprint density at radius 3 is 2.58 bits per heavy atom. The predicted octanol–water partition coefficient (Wildman–Crippen LogP) is 2.61. The summed E-state index contributed by atoms with van der Waals surface area (Å²) in [5, 5.41) is 0.339. The molecule has 1 amide bonds. The first-order valence-electron chi connectivity index (χ1n) is 5.51. The molecule has 7 heteroatoms. The SMILES string of the molecule is C[C@@H](CS(C)(=O)=O)N(C)C(=O)c1cc(Br)ccc1Cl. The molecule has 1 atom stereocenters. The molecule has 0 saturated carbocycles. The summed E-state index contributed by atoms with van der Waals surface area (Å²) in [5.41, 5.74) is 0.346. The third-order valence-electron chi connectivity index (χ3n) is 2.68. The van der Waals surface area contributed by atoms with Gasteiger partial charge in [-0.3, -0.25) is 4.79 Å². The van der Waals surface area contributed by atoms with Gasteiger partial charge in [-0.25, -0.2) is 8.42 Å². The summed E-state index contributed by atoms with van der Waals surface area (Å²) in [6.07, 6.45) is 1.15. The Kier molecular flexibility index (Phi) is 5.41. The van der Waals surface area contributed by atoms with Crippen LogP contribution in [0.5, 0.6) is 0 Å². The molecule has 0 saturated heterocycles. The Bertz CT molecular complexity index is 589. The molecule has 0 radical (unpaired) electrons. The molecule has 1 aromatic carbocycles. The van der Waals surface area contributed by atoms with Gasteiger partial charge in [0.1, 0.15) is 9.84 Å². The second kappa shape index (κ2) is 6.24. The van der Waals surface area contributed by atoms with Crippen LogP contribution in [0, 0.1) is 0 Å². The second-order valence-electron chi connectivity index (χ2n) is 4.48. The van der Waals surface area contributed by atoms with Crippen LogP contribution in [0.15, 0.2) is 22.7 Å². The zero-order chi connectivity index (χ0) is 14.8. The van der Waals surface area contributed by atoms with Gasteiger partial charge in [0.15, 0.2) is 0 Å². The van der Waals surface area contributed by atoms with E-state index in [2.05, 4.69) is 15.9 Å². The molecule has 0 bridgehead atoms. The van der Waals surface area contributed by atoms with Gasteiger partial charge in [-0.2, -0.15) is 0 Å². The lowest BCUT2D eigenvalue weighted by molar-refractivity contribution is 0.0757. The van der Waals surface area contributed by atoms with Crippen LogP contribution in [-0.2, 0) is 9.84 Å². The van der Waals surface area contributed by atoms with Crippen molar-refractivity contribution in [2.24, 2.45) is 0 Å². The van der Waals surface area contributed by atoms with E-state index in [0.29, 0.717) is 10.6 Å². The molecule has 0 aromatic heterocycles. The molecule has 0 spiro atoms. The van der Waals surface area contributed by atoms with E-state index in [-0.39, 0.29) is 11.7 Å². The number of hydrogen-bond donors (Lipinski definition) is 0. The van der Waals surface area contributed by atoms with Crippen molar-refractivity contribution in [3.05, 3.63) is 33.3 Å². The van der Waals surface area contributed by atoms with Gasteiger partial charge in [0.05, 0.1) is 16.3 Å². The fourth-order valence-corrected chi connectivity index (χ4v) is 3.26. The Labute approximate surface area is 126 Å². The van der Waals surface area contributed by atoms with Gasteiger partial charge in [0.2, 0.25) is 0 Å². The molecule has 106 valence electrons. The summed E-state index contributed by atoms with van der Waals surface area (Å²) in [4.78, 5) is 13.7. The van der Waals surface area contributed by atoms with Gasteiger partial charge in [-0.15, -0.1) is 0 Å². The van der Waals surface area contributed by atoms with E-state index in [0.717, 1.165) is 10.7 Å². The number of benzene rings is 1. The van der Waals surface area contributed by atoms with Gasteiger partial charge in [0.25, 0.3) is 5.91 Å². The first kappa shape index (κ1) is 16.5. The monoisotopic (exact) mass is 367 g/mol. The molecule has 19 heavy (non-hydrogen) atoms. The number of rotatable bonds is 4. The third-order valence-corrected chi connectivity index (χ3v) is 4.60. The van der Waals surface area contributed by atoms with E-state index < -0.39 is 15.9 Å². The molecule has 0 aliphatic heterocycles. The van der Waals surface area contributed by atoms with Gasteiger partial charge >= 0.3 is 0 Å². The maximum absolute atomic E-state index is 12.3. The summed E-state index contributed by atoms with van der Waals surface area (Å²) in [7, 11) is -1.57. The standard InChI is InChI=1S/C12H15BrClNO3S/c1-8(7-19(3,17)18)15(2)12(16)10-6-9(13)4-5-11(10)14/h4-6,8H,7H2,1-3H3/t8-/m0/s1. The first-order valence-corrected chi connectivity index (χ1v) is 8.75. The quantitative estimate of drug-likeness (QED) is 0.821. The Morgan fingerprint density at radius 2 is 2.05 bits per heavy atom. The summed E-state index contributed by atoms with van der Waals surface area (Å²) in [6, 6.07) is 4.55. The second-order valence-corrected chi connectivity index (χ2v) is 7.99. The normalized spacial score (nSPS) is 13.1. The number of halogens is 2. The van der Waals surface area contributed by atoms with E-state index in [9.17, 15) is 13.2 Å². The fraction of sp³-hybridized carbons (Fsp3) is 0.417. The maximum Gasteiger partial charge on any atom is 0.255 e. The van der Waals surface area contributed by atoms with Crippen LogP contribution < -0.4 is 0 Å². The lowest BCUT2D eigenvalue weighted by Crippen LogP contribution is -2.39. The zero-order valence-corrected chi connectivity index (χ0v) is 14.0. The van der Waals surface area contributed by atoms with Crippen LogP contribution in [0.3, 0.4) is 0 Å². The van der Waals surface area contributed by atoms with E-state index in [1.54, 1.807) is 32.2 Å².